The molecule has 1 aromatic heterocycles. The molecule has 0 atom stereocenters. The van der Waals surface area contributed by atoms with Gasteiger partial charge < -0.3 is 19.9 Å². The Bertz CT molecular complexity index is 851. The summed E-state index contributed by atoms with van der Waals surface area (Å²) in [6, 6.07) is 14.5. The maximum absolute atomic E-state index is 5.86. The van der Waals surface area contributed by atoms with E-state index in [-0.39, 0.29) is 24.0 Å². The third-order valence-electron chi connectivity index (χ3n) is 4.27. The maximum atomic E-state index is 5.86. The normalized spacial score (nSPS) is 11.1. The molecule has 0 aliphatic carbocycles. The molecule has 6 nitrogen and oxygen atoms in total. The number of fused-ring (bicyclic) bond motifs is 1. The minimum atomic E-state index is 0. The smallest absolute Gasteiger partial charge is 0.190 e. The van der Waals surface area contributed by atoms with Gasteiger partial charge in [0.2, 0.25) is 0 Å². The molecule has 150 valence electrons. The van der Waals surface area contributed by atoms with Gasteiger partial charge in [0, 0.05) is 39.1 Å². The van der Waals surface area contributed by atoms with Gasteiger partial charge in [-0.1, -0.05) is 30.3 Å². The second-order valence-electron chi connectivity index (χ2n) is 6.29. The molecule has 0 aliphatic heterocycles. The Labute approximate surface area is 183 Å². The van der Waals surface area contributed by atoms with Gasteiger partial charge in [-0.05, 0) is 35.7 Å². The topological polar surface area (TPSA) is 63.5 Å². The molecule has 28 heavy (non-hydrogen) atoms. The van der Waals surface area contributed by atoms with Crippen molar-refractivity contribution in [1.82, 2.24) is 20.2 Å². The minimum absolute atomic E-state index is 0. The van der Waals surface area contributed by atoms with Gasteiger partial charge >= 0.3 is 0 Å². The Kier molecular flexibility index (Phi) is 9.61. The van der Waals surface area contributed by atoms with Crippen LogP contribution in [0.3, 0.4) is 0 Å². The van der Waals surface area contributed by atoms with Crippen LogP contribution in [0.2, 0.25) is 0 Å². The summed E-state index contributed by atoms with van der Waals surface area (Å²) in [4.78, 5) is 8.29. The predicted molar refractivity (Wildman–Crippen MR) is 126 cm³/mol. The molecule has 2 aromatic carbocycles. The van der Waals surface area contributed by atoms with Crippen LogP contribution in [0.15, 0.2) is 66.2 Å². The molecule has 0 aliphatic rings. The van der Waals surface area contributed by atoms with E-state index < -0.39 is 0 Å². The second kappa shape index (κ2) is 12.2. The summed E-state index contributed by atoms with van der Waals surface area (Å²) in [7, 11) is 1.79. The number of aliphatic imine (C=N–C) groups is 1. The Balaban J connectivity index is 0.00000280. The summed E-state index contributed by atoms with van der Waals surface area (Å²) < 4.78 is 7.93. The van der Waals surface area contributed by atoms with Crippen LogP contribution in [0.25, 0.3) is 10.8 Å². The minimum Gasteiger partial charge on any atom is -0.494 e. The highest BCUT2D eigenvalue weighted by Gasteiger charge is 1.99. The number of imidazole rings is 1. The van der Waals surface area contributed by atoms with Gasteiger partial charge in [-0.2, -0.15) is 0 Å². The lowest BCUT2D eigenvalue weighted by atomic mass is 10.1. The summed E-state index contributed by atoms with van der Waals surface area (Å²) in [6.07, 6.45) is 7.53. The number of rotatable bonds is 9. The van der Waals surface area contributed by atoms with E-state index in [9.17, 15) is 0 Å². The van der Waals surface area contributed by atoms with E-state index >= 15 is 0 Å². The molecule has 1 heterocycles. The number of hydrogen-bond donors (Lipinski definition) is 2. The highest BCUT2D eigenvalue weighted by atomic mass is 127. The summed E-state index contributed by atoms with van der Waals surface area (Å²) in [5, 5.41) is 9.08. The van der Waals surface area contributed by atoms with E-state index in [1.165, 1.54) is 10.8 Å². The number of halogens is 1. The molecule has 0 unspecified atom stereocenters. The standard InChI is InChI=1S/C21H27N5O.HI/c1-22-21(24-10-4-13-26-14-12-23-17-26)25-11-5-15-27-20-9-8-18-6-2-3-7-19(18)16-20;/h2-3,6-9,12,14,16-17H,4-5,10-11,13,15H2,1H3,(H2,22,24,25);1H. The third kappa shape index (κ3) is 7.03. The van der Waals surface area contributed by atoms with Crippen LogP contribution in [-0.4, -0.2) is 42.3 Å². The van der Waals surface area contributed by atoms with Crippen molar-refractivity contribution >= 4 is 40.7 Å². The number of guanidine groups is 1. The van der Waals surface area contributed by atoms with Crippen molar-refractivity contribution in [3.63, 3.8) is 0 Å². The van der Waals surface area contributed by atoms with Crippen LogP contribution in [0.5, 0.6) is 5.75 Å². The monoisotopic (exact) mass is 493 g/mol. The van der Waals surface area contributed by atoms with Crippen molar-refractivity contribution in [1.29, 1.82) is 0 Å². The molecule has 7 heteroatoms. The van der Waals surface area contributed by atoms with Crippen molar-refractivity contribution in [3.05, 3.63) is 61.2 Å². The average molecular weight is 493 g/mol. The van der Waals surface area contributed by atoms with Crippen LogP contribution >= 0.6 is 24.0 Å². The van der Waals surface area contributed by atoms with Gasteiger partial charge in [0.15, 0.2) is 5.96 Å². The van der Waals surface area contributed by atoms with E-state index in [0.717, 1.165) is 44.2 Å². The summed E-state index contributed by atoms with van der Waals surface area (Å²) in [5.41, 5.74) is 0. The first-order chi connectivity index (χ1) is 13.3. The molecule has 0 saturated heterocycles. The average Bonchev–Trinajstić information content (AvgIpc) is 3.22. The van der Waals surface area contributed by atoms with Crippen molar-refractivity contribution in [2.75, 3.05) is 26.7 Å². The van der Waals surface area contributed by atoms with E-state index in [2.05, 4.69) is 49.4 Å². The third-order valence-corrected chi connectivity index (χ3v) is 4.27. The second-order valence-corrected chi connectivity index (χ2v) is 6.29. The van der Waals surface area contributed by atoms with Crippen LogP contribution in [0, 0.1) is 0 Å². The van der Waals surface area contributed by atoms with E-state index in [1.54, 1.807) is 13.2 Å². The van der Waals surface area contributed by atoms with E-state index in [4.69, 9.17) is 4.74 Å². The largest absolute Gasteiger partial charge is 0.494 e. The SMILES string of the molecule is CN=C(NCCCOc1ccc2ccccc2c1)NCCCn1ccnc1.I. The number of aryl methyl sites for hydroxylation is 1. The number of nitrogens with one attached hydrogen (secondary N) is 2. The van der Waals surface area contributed by atoms with Gasteiger partial charge in [-0.15, -0.1) is 24.0 Å². The maximum Gasteiger partial charge on any atom is 0.190 e. The lowest BCUT2D eigenvalue weighted by Crippen LogP contribution is -2.38. The summed E-state index contributed by atoms with van der Waals surface area (Å²) in [6.45, 7) is 3.30. The molecule has 3 rings (SSSR count). The fourth-order valence-corrected chi connectivity index (χ4v) is 2.83. The number of aromatic nitrogens is 2. The highest BCUT2D eigenvalue weighted by Crippen LogP contribution is 2.20. The predicted octanol–water partition coefficient (Wildman–Crippen LogP) is 3.68. The molecular formula is C21H28IN5O. The zero-order valence-electron chi connectivity index (χ0n) is 16.2. The van der Waals surface area contributed by atoms with Gasteiger partial charge in [0.1, 0.15) is 5.75 Å². The summed E-state index contributed by atoms with van der Waals surface area (Å²) >= 11 is 0. The Morgan fingerprint density at radius 3 is 2.61 bits per heavy atom. The molecule has 2 N–H and O–H groups in total. The fourth-order valence-electron chi connectivity index (χ4n) is 2.83. The number of ether oxygens (including phenoxy) is 1. The van der Waals surface area contributed by atoms with Crippen LogP contribution in [0.1, 0.15) is 12.8 Å². The molecular weight excluding hydrogens is 465 g/mol. The quantitative estimate of drug-likeness (QED) is 0.207. The summed E-state index contributed by atoms with van der Waals surface area (Å²) in [5.74, 6) is 1.74. The van der Waals surface area contributed by atoms with Crippen LogP contribution < -0.4 is 15.4 Å². The van der Waals surface area contributed by atoms with Crippen LogP contribution in [-0.2, 0) is 6.54 Å². The van der Waals surface area contributed by atoms with Gasteiger partial charge in [-0.25, -0.2) is 4.98 Å². The Hall–Kier alpha value is -2.29. The van der Waals surface area contributed by atoms with Gasteiger partial charge in [0.05, 0.1) is 12.9 Å². The number of nitrogens with zero attached hydrogens (tertiary/aromatic N) is 3. The lowest BCUT2D eigenvalue weighted by Gasteiger charge is -2.12. The fraction of sp³-hybridized carbons (Fsp3) is 0.333. The zero-order chi connectivity index (χ0) is 18.7. The Morgan fingerprint density at radius 1 is 1.07 bits per heavy atom. The van der Waals surface area contributed by atoms with Crippen LogP contribution in [0.4, 0.5) is 0 Å². The number of hydrogen-bond acceptors (Lipinski definition) is 3. The van der Waals surface area contributed by atoms with Crippen molar-refractivity contribution in [3.8, 4) is 5.75 Å². The number of benzene rings is 2. The van der Waals surface area contributed by atoms with Gasteiger partial charge in [0.25, 0.3) is 0 Å². The van der Waals surface area contributed by atoms with Crippen molar-refractivity contribution in [2.45, 2.75) is 19.4 Å². The lowest BCUT2D eigenvalue weighted by molar-refractivity contribution is 0.311. The molecule has 0 radical (unpaired) electrons. The van der Waals surface area contributed by atoms with E-state index in [1.807, 2.05) is 30.7 Å². The molecule has 0 amide bonds. The van der Waals surface area contributed by atoms with Crippen molar-refractivity contribution in [2.24, 2.45) is 4.99 Å². The first-order valence-electron chi connectivity index (χ1n) is 9.37. The molecule has 0 fully saturated rings. The Morgan fingerprint density at radius 2 is 1.86 bits per heavy atom. The van der Waals surface area contributed by atoms with Gasteiger partial charge in [-0.3, -0.25) is 4.99 Å². The molecule has 0 saturated carbocycles. The van der Waals surface area contributed by atoms with E-state index in [0.29, 0.717) is 6.61 Å². The zero-order valence-corrected chi connectivity index (χ0v) is 18.5. The highest BCUT2D eigenvalue weighted by molar-refractivity contribution is 14.0. The van der Waals surface area contributed by atoms with Crippen molar-refractivity contribution < 1.29 is 4.74 Å². The first kappa shape index (κ1) is 22.0. The first-order valence-corrected chi connectivity index (χ1v) is 9.37. The molecule has 3 aromatic rings. The molecule has 0 bridgehead atoms. The molecule has 0 spiro atoms.